The van der Waals surface area contributed by atoms with E-state index in [1.807, 2.05) is 6.92 Å². The van der Waals surface area contributed by atoms with Crippen molar-refractivity contribution in [1.82, 2.24) is 29.6 Å². The van der Waals surface area contributed by atoms with Gasteiger partial charge in [0, 0.05) is 37.9 Å². The van der Waals surface area contributed by atoms with Gasteiger partial charge in [-0.05, 0) is 44.1 Å². The summed E-state index contributed by atoms with van der Waals surface area (Å²) in [7, 11) is -3.80. The van der Waals surface area contributed by atoms with Gasteiger partial charge < -0.3 is 10.2 Å². The number of hydrogen-bond donors (Lipinski definition) is 2. The lowest BCUT2D eigenvalue weighted by Gasteiger charge is -2.49. The summed E-state index contributed by atoms with van der Waals surface area (Å²) in [6.45, 7) is 5.54. The van der Waals surface area contributed by atoms with Crippen LogP contribution in [0.5, 0.6) is 0 Å². The van der Waals surface area contributed by atoms with E-state index in [1.165, 1.54) is 6.20 Å². The molecule has 0 unspecified atom stereocenters. The van der Waals surface area contributed by atoms with Crippen molar-refractivity contribution in [2.45, 2.75) is 49.5 Å². The molecule has 3 aromatic rings. The van der Waals surface area contributed by atoms with Gasteiger partial charge in [0.05, 0.1) is 17.4 Å². The van der Waals surface area contributed by atoms with Crippen molar-refractivity contribution >= 4 is 32.6 Å². The van der Waals surface area contributed by atoms with Crippen LogP contribution in [-0.2, 0) is 10.0 Å². The number of nitrogens with one attached hydrogen (secondary N) is 2. The van der Waals surface area contributed by atoms with Crippen LogP contribution in [0.1, 0.15) is 44.0 Å². The fraction of sp³-hybridized carbons (Fsp3) is 0.571. The van der Waals surface area contributed by atoms with Gasteiger partial charge in [0.1, 0.15) is 4.90 Å². The highest BCUT2D eigenvalue weighted by atomic mass is 32.2. The van der Waals surface area contributed by atoms with E-state index < -0.39 is 27.0 Å². The molecule has 34 heavy (non-hydrogen) atoms. The SMILES string of the molecule is CC1(NS(=O)(=O)c2cc(N3CCC4(CC3)CNC4)c3cnc(-c4nnc(C(F)F)s4)n3c2)CC1. The third kappa shape index (κ3) is 3.78. The zero-order chi connectivity index (χ0) is 23.7. The highest BCUT2D eigenvalue weighted by Crippen LogP contribution is 2.40. The molecule has 1 aliphatic carbocycles. The molecule has 3 aliphatic rings. The lowest BCUT2D eigenvalue weighted by Crippen LogP contribution is -2.58. The van der Waals surface area contributed by atoms with Crippen molar-refractivity contribution in [3.63, 3.8) is 0 Å². The molecule has 0 bridgehead atoms. The van der Waals surface area contributed by atoms with Crippen molar-refractivity contribution < 1.29 is 17.2 Å². The molecule has 1 saturated carbocycles. The highest BCUT2D eigenvalue weighted by molar-refractivity contribution is 7.89. The zero-order valence-corrected chi connectivity index (χ0v) is 20.2. The molecule has 0 amide bonds. The number of anilines is 1. The number of alkyl halides is 2. The van der Waals surface area contributed by atoms with Crippen LogP contribution in [0.3, 0.4) is 0 Å². The lowest BCUT2D eigenvalue weighted by molar-refractivity contribution is 0.126. The van der Waals surface area contributed by atoms with Crippen molar-refractivity contribution in [1.29, 1.82) is 0 Å². The molecule has 182 valence electrons. The van der Waals surface area contributed by atoms with Crippen LogP contribution in [0.2, 0.25) is 0 Å². The van der Waals surface area contributed by atoms with Gasteiger partial charge in [0.2, 0.25) is 10.0 Å². The molecule has 13 heteroatoms. The third-order valence-electron chi connectivity index (χ3n) is 7.27. The first kappa shape index (κ1) is 22.3. The maximum atomic E-state index is 13.3. The van der Waals surface area contributed by atoms with Crippen LogP contribution in [0.25, 0.3) is 16.3 Å². The van der Waals surface area contributed by atoms with Crippen LogP contribution in [-0.4, -0.2) is 59.7 Å². The summed E-state index contributed by atoms with van der Waals surface area (Å²) in [4.78, 5) is 6.75. The number of sulfonamides is 1. The molecule has 0 aromatic carbocycles. The number of rotatable bonds is 6. The van der Waals surface area contributed by atoms with Crippen LogP contribution < -0.4 is 14.9 Å². The normalized spacial score (nSPS) is 21.4. The number of imidazole rings is 1. The Hall–Kier alpha value is -2.22. The number of fused-ring (bicyclic) bond motifs is 1. The summed E-state index contributed by atoms with van der Waals surface area (Å²) in [6.07, 6.45) is 4.05. The second kappa shape index (κ2) is 7.64. The van der Waals surface area contributed by atoms with Gasteiger partial charge in [-0.15, -0.1) is 10.2 Å². The number of piperidine rings is 1. The van der Waals surface area contributed by atoms with E-state index in [-0.39, 0.29) is 9.90 Å². The van der Waals surface area contributed by atoms with Gasteiger partial charge in [-0.25, -0.2) is 26.9 Å². The fourth-order valence-electron chi connectivity index (χ4n) is 4.75. The van der Waals surface area contributed by atoms with Gasteiger partial charge in [-0.2, -0.15) is 0 Å². The summed E-state index contributed by atoms with van der Waals surface area (Å²) >= 11 is 0.757. The molecular weight excluding hydrogens is 484 g/mol. The lowest BCUT2D eigenvalue weighted by atomic mass is 9.73. The van der Waals surface area contributed by atoms with E-state index >= 15 is 0 Å². The Morgan fingerprint density at radius 3 is 2.50 bits per heavy atom. The molecule has 0 atom stereocenters. The predicted molar refractivity (Wildman–Crippen MR) is 124 cm³/mol. The molecule has 9 nitrogen and oxygen atoms in total. The summed E-state index contributed by atoms with van der Waals surface area (Å²) in [6, 6.07) is 1.70. The largest absolute Gasteiger partial charge is 0.370 e. The van der Waals surface area contributed by atoms with E-state index in [4.69, 9.17) is 0 Å². The minimum atomic E-state index is -3.80. The van der Waals surface area contributed by atoms with Crippen LogP contribution >= 0.6 is 11.3 Å². The number of pyridine rings is 1. The van der Waals surface area contributed by atoms with Crippen LogP contribution in [0.4, 0.5) is 14.5 Å². The Morgan fingerprint density at radius 1 is 1.18 bits per heavy atom. The predicted octanol–water partition coefficient (Wildman–Crippen LogP) is 2.81. The number of nitrogens with zero attached hydrogens (tertiary/aromatic N) is 5. The number of halogens is 2. The zero-order valence-electron chi connectivity index (χ0n) is 18.6. The van der Waals surface area contributed by atoms with E-state index in [1.54, 1.807) is 16.7 Å². The highest BCUT2D eigenvalue weighted by Gasteiger charge is 2.42. The van der Waals surface area contributed by atoms with Gasteiger partial charge in [-0.1, -0.05) is 11.3 Å². The quantitative estimate of drug-likeness (QED) is 0.527. The van der Waals surface area contributed by atoms with E-state index in [2.05, 4.69) is 30.1 Å². The maximum absolute atomic E-state index is 13.3. The monoisotopic (exact) mass is 509 g/mol. The van der Waals surface area contributed by atoms with Gasteiger partial charge >= 0.3 is 0 Å². The maximum Gasteiger partial charge on any atom is 0.291 e. The number of aromatic nitrogens is 4. The minimum absolute atomic E-state index is 0.117. The van der Waals surface area contributed by atoms with Crippen molar-refractivity contribution in [3.05, 3.63) is 23.5 Å². The van der Waals surface area contributed by atoms with E-state index in [0.717, 1.165) is 68.9 Å². The first-order chi connectivity index (χ1) is 16.2. The molecule has 3 fully saturated rings. The Bertz CT molecular complexity index is 1350. The fourth-order valence-corrected chi connectivity index (χ4v) is 6.93. The topological polar surface area (TPSA) is 105 Å². The summed E-state index contributed by atoms with van der Waals surface area (Å²) in [5.74, 6) is 0.298. The van der Waals surface area contributed by atoms with Crippen molar-refractivity contribution in [2.75, 3.05) is 31.1 Å². The second-order valence-corrected chi connectivity index (χ2v) is 12.6. The molecule has 6 rings (SSSR count). The second-order valence-electron chi connectivity index (χ2n) is 9.90. The summed E-state index contributed by atoms with van der Waals surface area (Å²) in [5, 5.41) is 10.6. The first-order valence-electron chi connectivity index (χ1n) is 11.3. The van der Waals surface area contributed by atoms with E-state index in [9.17, 15) is 17.2 Å². The first-order valence-corrected chi connectivity index (χ1v) is 13.6. The van der Waals surface area contributed by atoms with Gasteiger partial charge in [-0.3, -0.25) is 4.40 Å². The van der Waals surface area contributed by atoms with Crippen molar-refractivity contribution in [3.8, 4) is 10.8 Å². The summed E-state index contributed by atoms with van der Waals surface area (Å²) < 4.78 is 57.2. The van der Waals surface area contributed by atoms with Crippen LogP contribution in [0.15, 0.2) is 23.4 Å². The van der Waals surface area contributed by atoms with Gasteiger partial charge in [0.15, 0.2) is 15.8 Å². The molecule has 3 aromatic heterocycles. The average Bonchev–Trinajstić information content (AvgIpc) is 3.18. The molecule has 2 aliphatic heterocycles. The van der Waals surface area contributed by atoms with Crippen molar-refractivity contribution in [2.24, 2.45) is 5.41 Å². The third-order valence-corrected chi connectivity index (χ3v) is 9.80. The smallest absolute Gasteiger partial charge is 0.291 e. The minimum Gasteiger partial charge on any atom is -0.370 e. The molecule has 0 radical (unpaired) electrons. The van der Waals surface area contributed by atoms with Crippen LogP contribution in [0, 0.1) is 5.41 Å². The molecule has 5 heterocycles. The standard InChI is InChI=1S/C21H25F2N7O2S2/c1-20(2-3-20)28-34(31,32)13-8-14(29-6-4-21(5-7-29)11-24-12-21)15-9-25-17(30(15)10-13)19-27-26-18(33-19)16(22)23/h8-10,16,24,28H,2-7,11-12H2,1H3. The Balaban J connectivity index is 1.45. The van der Waals surface area contributed by atoms with E-state index in [0.29, 0.717) is 16.8 Å². The Labute approximate surface area is 199 Å². The Morgan fingerprint density at radius 2 is 1.91 bits per heavy atom. The Kier molecular flexibility index (Phi) is 5.00. The molecule has 1 spiro atoms. The molecular formula is C21H25F2N7O2S2. The summed E-state index contributed by atoms with van der Waals surface area (Å²) in [5.41, 5.74) is 1.39. The molecule has 2 saturated heterocycles. The van der Waals surface area contributed by atoms with Gasteiger partial charge in [0.25, 0.3) is 6.43 Å². The molecule has 2 N–H and O–H groups in total. The number of hydrogen-bond acceptors (Lipinski definition) is 8. The average molecular weight is 510 g/mol.